The summed E-state index contributed by atoms with van der Waals surface area (Å²) in [5, 5.41) is 17.7. The fourth-order valence-corrected chi connectivity index (χ4v) is 7.08. The summed E-state index contributed by atoms with van der Waals surface area (Å²) in [5.74, 6) is -0.830. The van der Waals surface area contributed by atoms with Crippen molar-refractivity contribution in [3.63, 3.8) is 0 Å². The third kappa shape index (κ3) is 7.81. The number of rotatable bonds is 11. The molecule has 9 nitrogen and oxygen atoms in total. The first-order chi connectivity index (χ1) is 20.2. The summed E-state index contributed by atoms with van der Waals surface area (Å²) in [4.78, 5) is 34.5. The first-order valence-corrected chi connectivity index (χ1v) is 18.8. The van der Waals surface area contributed by atoms with Gasteiger partial charge in [0.1, 0.15) is 17.7 Å². The number of benzene rings is 1. The standard InChI is InChI=1S/C32H46N4O5SSi/c1-20(13-14-40-43(7,8)32(4,5)6)28(27-15-21(2)35-41-27)31(39)36-18-25(37)16-26(36)30(38)33-17-23-9-11-24(12-10-23)29-22(3)34-19-42-29/h9-12,15,19-20,25-26,28,37H,13-14,16-18H2,1-8H3,(H,33,38)/t20?,25-,26+,28?/m1/s1. The van der Waals surface area contributed by atoms with E-state index >= 15 is 0 Å². The Balaban J connectivity index is 1.44. The van der Waals surface area contributed by atoms with Crippen LogP contribution in [-0.2, 0) is 20.6 Å². The molecule has 1 aliphatic heterocycles. The summed E-state index contributed by atoms with van der Waals surface area (Å²) >= 11 is 1.60. The minimum Gasteiger partial charge on any atom is -0.417 e. The van der Waals surface area contributed by atoms with Crippen molar-refractivity contribution in [2.24, 2.45) is 5.92 Å². The number of likely N-dealkylation sites (tertiary alicyclic amines) is 1. The number of aliphatic hydroxyl groups excluding tert-OH is 1. The second-order valence-electron chi connectivity index (χ2n) is 13.3. The Labute approximate surface area is 260 Å². The van der Waals surface area contributed by atoms with Crippen molar-refractivity contribution >= 4 is 31.5 Å². The average Bonchev–Trinajstić information content (AvgIpc) is 3.66. The van der Waals surface area contributed by atoms with E-state index in [1.165, 1.54) is 4.90 Å². The number of nitrogens with one attached hydrogen (secondary N) is 1. The van der Waals surface area contributed by atoms with Crippen LogP contribution in [0.15, 0.2) is 40.4 Å². The molecular formula is C32H46N4O5SSi. The third-order valence-corrected chi connectivity index (χ3v) is 14.4. The van der Waals surface area contributed by atoms with Crippen molar-refractivity contribution in [3.05, 3.63) is 58.6 Å². The molecule has 4 atom stereocenters. The molecule has 2 aromatic heterocycles. The van der Waals surface area contributed by atoms with Crippen LogP contribution in [0.3, 0.4) is 0 Å². The van der Waals surface area contributed by atoms with Crippen molar-refractivity contribution in [2.45, 2.75) is 97.1 Å². The van der Waals surface area contributed by atoms with Gasteiger partial charge in [0.2, 0.25) is 11.8 Å². The molecule has 1 saturated heterocycles. The predicted octanol–water partition coefficient (Wildman–Crippen LogP) is 5.82. The van der Waals surface area contributed by atoms with E-state index in [1.54, 1.807) is 17.4 Å². The first kappa shape index (κ1) is 33.0. The highest BCUT2D eigenvalue weighted by atomic mass is 32.1. The maximum atomic E-state index is 14.1. The maximum Gasteiger partial charge on any atom is 0.243 e. The molecule has 2 N–H and O–H groups in total. The number of carbonyl (C=O) groups excluding carboxylic acids is 2. The van der Waals surface area contributed by atoms with Crippen LogP contribution >= 0.6 is 11.3 Å². The van der Waals surface area contributed by atoms with Crippen LogP contribution in [0.1, 0.15) is 69.2 Å². The van der Waals surface area contributed by atoms with Crippen LogP contribution < -0.4 is 5.32 Å². The lowest BCUT2D eigenvalue weighted by molar-refractivity contribution is -0.141. The number of thiazole rings is 1. The van der Waals surface area contributed by atoms with Gasteiger partial charge in [0.15, 0.2) is 8.32 Å². The van der Waals surface area contributed by atoms with E-state index in [4.69, 9.17) is 8.95 Å². The SMILES string of the molecule is Cc1cc(C(C(=O)N2C[C@H](O)C[C@H]2C(=O)NCc2ccc(-c3scnc3C)cc2)C(C)CCO[Si](C)(C)C(C)(C)C)on1. The first-order valence-electron chi connectivity index (χ1n) is 15.0. The Hall–Kier alpha value is -2.86. The van der Waals surface area contributed by atoms with Gasteiger partial charge in [-0.15, -0.1) is 11.3 Å². The van der Waals surface area contributed by atoms with E-state index in [1.807, 2.05) is 50.5 Å². The predicted molar refractivity (Wildman–Crippen MR) is 171 cm³/mol. The van der Waals surface area contributed by atoms with Gasteiger partial charge >= 0.3 is 0 Å². The summed E-state index contributed by atoms with van der Waals surface area (Å²) < 4.78 is 12.0. The van der Waals surface area contributed by atoms with Crippen molar-refractivity contribution in [2.75, 3.05) is 13.2 Å². The molecule has 3 aromatic rings. The van der Waals surface area contributed by atoms with E-state index in [-0.39, 0.29) is 35.7 Å². The van der Waals surface area contributed by atoms with E-state index in [0.29, 0.717) is 31.0 Å². The molecule has 0 radical (unpaired) electrons. The molecule has 4 rings (SSSR count). The number of aliphatic hydroxyl groups is 1. The number of nitrogens with zero attached hydrogens (tertiary/aromatic N) is 3. The molecule has 0 spiro atoms. The Morgan fingerprint density at radius 2 is 1.93 bits per heavy atom. The molecule has 1 fully saturated rings. The largest absolute Gasteiger partial charge is 0.417 e. The van der Waals surface area contributed by atoms with Crippen molar-refractivity contribution < 1.29 is 23.6 Å². The van der Waals surface area contributed by atoms with Gasteiger partial charge in [-0.05, 0) is 55.4 Å². The van der Waals surface area contributed by atoms with Gasteiger partial charge in [0.25, 0.3) is 0 Å². The number of β-amino-alcohol motifs (C(OH)–C–C–N with tert-alkyl or cyclic N) is 1. The molecule has 1 aliphatic rings. The van der Waals surface area contributed by atoms with Gasteiger partial charge in [0.05, 0.1) is 27.9 Å². The monoisotopic (exact) mass is 626 g/mol. The third-order valence-electron chi connectivity index (χ3n) is 8.92. The lowest BCUT2D eigenvalue weighted by Crippen LogP contribution is -2.48. The normalized spacial score (nSPS) is 19.0. The van der Waals surface area contributed by atoms with E-state index in [2.05, 4.69) is 49.3 Å². The smallest absolute Gasteiger partial charge is 0.243 e. The van der Waals surface area contributed by atoms with Crippen LogP contribution in [-0.4, -0.2) is 65.6 Å². The number of hydrogen-bond acceptors (Lipinski definition) is 8. The van der Waals surface area contributed by atoms with Crippen LogP contribution in [0.4, 0.5) is 0 Å². The van der Waals surface area contributed by atoms with E-state index in [0.717, 1.165) is 21.7 Å². The number of amides is 2. The van der Waals surface area contributed by atoms with Gasteiger partial charge in [-0.3, -0.25) is 9.59 Å². The Kier molecular flexibility index (Phi) is 10.3. The second-order valence-corrected chi connectivity index (χ2v) is 19.0. The molecule has 234 valence electrons. The quantitative estimate of drug-likeness (QED) is 0.257. The molecule has 11 heteroatoms. The van der Waals surface area contributed by atoms with Gasteiger partial charge in [-0.1, -0.05) is 57.1 Å². The van der Waals surface area contributed by atoms with Gasteiger partial charge in [-0.2, -0.15) is 0 Å². The topological polar surface area (TPSA) is 118 Å². The minimum atomic E-state index is -1.95. The zero-order valence-corrected chi connectivity index (χ0v) is 28.5. The van der Waals surface area contributed by atoms with Gasteiger partial charge < -0.3 is 24.3 Å². The molecule has 0 bridgehead atoms. The summed E-state index contributed by atoms with van der Waals surface area (Å²) in [6, 6.07) is 9.03. The fourth-order valence-electron chi connectivity index (χ4n) is 5.20. The Bertz CT molecular complexity index is 1400. The average molecular weight is 627 g/mol. The Morgan fingerprint density at radius 3 is 2.51 bits per heavy atom. The zero-order valence-electron chi connectivity index (χ0n) is 26.6. The van der Waals surface area contributed by atoms with E-state index in [9.17, 15) is 14.7 Å². The van der Waals surface area contributed by atoms with E-state index < -0.39 is 26.4 Å². The van der Waals surface area contributed by atoms with Crippen LogP contribution in [0.5, 0.6) is 0 Å². The fraction of sp³-hybridized carbons (Fsp3) is 0.562. The minimum absolute atomic E-state index is 0.0857. The zero-order chi connectivity index (χ0) is 31.5. The Morgan fingerprint density at radius 1 is 1.23 bits per heavy atom. The highest BCUT2D eigenvalue weighted by Gasteiger charge is 2.44. The van der Waals surface area contributed by atoms with Crippen molar-refractivity contribution in [1.29, 1.82) is 0 Å². The second kappa shape index (κ2) is 13.4. The highest BCUT2D eigenvalue weighted by molar-refractivity contribution is 7.13. The molecule has 43 heavy (non-hydrogen) atoms. The number of aromatic nitrogens is 2. The van der Waals surface area contributed by atoms with Crippen LogP contribution in [0, 0.1) is 19.8 Å². The lowest BCUT2D eigenvalue weighted by Gasteiger charge is -2.36. The lowest BCUT2D eigenvalue weighted by atomic mass is 9.87. The summed E-state index contributed by atoms with van der Waals surface area (Å²) in [5.41, 5.74) is 5.54. The number of carbonyl (C=O) groups is 2. The van der Waals surface area contributed by atoms with Crippen LogP contribution in [0.25, 0.3) is 10.4 Å². The maximum absolute atomic E-state index is 14.1. The molecule has 0 aliphatic carbocycles. The van der Waals surface area contributed by atoms with Gasteiger partial charge in [0, 0.05) is 32.2 Å². The molecule has 0 saturated carbocycles. The van der Waals surface area contributed by atoms with Crippen molar-refractivity contribution in [3.8, 4) is 10.4 Å². The highest BCUT2D eigenvalue weighted by Crippen LogP contribution is 2.38. The van der Waals surface area contributed by atoms with Gasteiger partial charge in [-0.25, -0.2) is 4.98 Å². The van der Waals surface area contributed by atoms with Crippen molar-refractivity contribution in [1.82, 2.24) is 20.4 Å². The molecule has 2 unspecified atom stereocenters. The summed E-state index contributed by atoms with van der Waals surface area (Å²) in [6.07, 6.45) is 0.0510. The molecular weight excluding hydrogens is 581 g/mol. The number of hydrogen-bond donors (Lipinski definition) is 2. The molecule has 2 amide bonds. The van der Waals surface area contributed by atoms with Crippen LogP contribution in [0.2, 0.25) is 18.1 Å². The summed E-state index contributed by atoms with van der Waals surface area (Å²) in [7, 11) is -1.95. The molecule has 3 heterocycles. The molecule has 1 aromatic carbocycles. The number of aryl methyl sites for hydroxylation is 2. The summed E-state index contributed by atoms with van der Waals surface area (Å²) in [6.45, 7) is 17.8.